The van der Waals surface area contributed by atoms with Crippen molar-refractivity contribution >= 4 is 55.0 Å². The van der Waals surface area contributed by atoms with Crippen LogP contribution in [0.3, 0.4) is 0 Å². The number of rotatable bonds is 8. The lowest BCUT2D eigenvalue weighted by Crippen LogP contribution is -2.35. The molecule has 2 aromatic heterocycles. The highest BCUT2D eigenvalue weighted by molar-refractivity contribution is 7.22. The number of anilines is 1. The number of benzene rings is 1. The maximum absolute atomic E-state index is 12.9. The fourth-order valence-corrected chi connectivity index (χ4v) is 4.30. The van der Waals surface area contributed by atoms with Crippen molar-refractivity contribution in [3.05, 3.63) is 51.4 Å². The third-order valence-corrected chi connectivity index (χ3v) is 6.09. The molecule has 3 aromatic rings. The normalized spacial score (nSPS) is 11.4. The second kappa shape index (κ2) is 9.12. The Kier molecular flexibility index (Phi) is 6.57. The minimum Gasteiger partial charge on any atom is -0.494 e. The highest BCUT2D eigenvalue weighted by Gasteiger charge is 2.19. The van der Waals surface area contributed by atoms with Gasteiger partial charge in [0.1, 0.15) is 11.3 Å². The number of methoxy groups -OCH3 is 1. The van der Waals surface area contributed by atoms with E-state index in [1.807, 2.05) is 37.2 Å². The van der Waals surface area contributed by atoms with Crippen LogP contribution in [0, 0.1) is 10.1 Å². The summed E-state index contributed by atoms with van der Waals surface area (Å²) in [5, 5.41) is 11.5. The zero-order chi connectivity index (χ0) is 21.0. The second-order valence-electron chi connectivity index (χ2n) is 6.36. The molecule has 0 aliphatic carbocycles. The minimum atomic E-state index is -0.443. The smallest absolute Gasteiger partial charge is 0.324 e. The van der Waals surface area contributed by atoms with Gasteiger partial charge in [-0.25, -0.2) is 4.98 Å². The summed E-state index contributed by atoms with van der Waals surface area (Å²) in [6.07, 6.45) is 3.02. The molecule has 0 atom stereocenters. The number of fused-ring (bicyclic) bond motifs is 1. The molecule has 0 spiro atoms. The molecule has 0 bridgehead atoms. The van der Waals surface area contributed by atoms with E-state index < -0.39 is 4.92 Å². The van der Waals surface area contributed by atoms with Crippen molar-refractivity contribution in [1.82, 2.24) is 9.88 Å². The number of hydrogen-bond donors (Lipinski definition) is 0. The van der Waals surface area contributed by atoms with E-state index in [-0.39, 0.29) is 10.9 Å². The maximum Gasteiger partial charge on any atom is 0.324 e. The summed E-state index contributed by atoms with van der Waals surface area (Å²) in [6, 6.07) is 8.71. The molecule has 0 radical (unpaired) electrons. The van der Waals surface area contributed by atoms with Crippen LogP contribution in [0.1, 0.15) is 4.88 Å². The topological polar surface area (TPSA) is 88.8 Å². The predicted molar refractivity (Wildman–Crippen MR) is 117 cm³/mol. The summed E-state index contributed by atoms with van der Waals surface area (Å²) in [7, 11) is 5.46. The van der Waals surface area contributed by atoms with Gasteiger partial charge in [0.05, 0.1) is 16.7 Å². The number of carbonyl (C=O) groups excluding carboxylic acids is 1. The van der Waals surface area contributed by atoms with E-state index in [1.54, 1.807) is 24.2 Å². The lowest BCUT2D eigenvalue weighted by Gasteiger charge is -2.20. The number of nitro groups is 1. The van der Waals surface area contributed by atoms with Gasteiger partial charge in [-0.1, -0.05) is 28.7 Å². The zero-order valence-electron chi connectivity index (χ0n) is 16.2. The molecule has 0 aliphatic heterocycles. The molecule has 0 saturated carbocycles. The fraction of sp³-hybridized carbons (Fsp3) is 0.263. The first-order valence-electron chi connectivity index (χ1n) is 8.71. The molecule has 0 saturated heterocycles. The van der Waals surface area contributed by atoms with Gasteiger partial charge < -0.3 is 9.64 Å². The van der Waals surface area contributed by atoms with Crippen LogP contribution in [0.4, 0.5) is 10.1 Å². The number of thiophene rings is 1. The standard InChI is InChI=1S/C19H20N4O4S2/c1-21(2)11-12-22(16(24)9-7-13-8-10-17(28-13)23(25)26)19-20-18-14(27-3)5-4-6-15(18)29-19/h4-10H,11-12H2,1-3H3/b9-7+. The quantitative estimate of drug-likeness (QED) is 0.305. The van der Waals surface area contributed by atoms with Gasteiger partial charge in [0.2, 0.25) is 0 Å². The number of amides is 1. The highest BCUT2D eigenvalue weighted by Crippen LogP contribution is 2.34. The highest BCUT2D eigenvalue weighted by atomic mass is 32.1. The van der Waals surface area contributed by atoms with Crippen LogP contribution in [0.15, 0.2) is 36.4 Å². The number of carbonyl (C=O) groups is 1. The van der Waals surface area contributed by atoms with Crippen molar-refractivity contribution in [2.24, 2.45) is 0 Å². The Bertz CT molecular complexity index is 1060. The number of hydrogen-bond acceptors (Lipinski definition) is 8. The van der Waals surface area contributed by atoms with Crippen LogP contribution in [0.5, 0.6) is 5.75 Å². The van der Waals surface area contributed by atoms with Crippen molar-refractivity contribution < 1.29 is 14.5 Å². The Balaban J connectivity index is 1.88. The van der Waals surface area contributed by atoms with Gasteiger partial charge in [-0.3, -0.25) is 19.8 Å². The average Bonchev–Trinajstić information content (AvgIpc) is 3.33. The van der Waals surface area contributed by atoms with E-state index in [9.17, 15) is 14.9 Å². The van der Waals surface area contributed by atoms with Crippen LogP contribution in [-0.4, -0.2) is 55.0 Å². The van der Waals surface area contributed by atoms with Crippen LogP contribution in [-0.2, 0) is 4.79 Å². The summed E-state index contributed by atoms with van der Waals surface area (Å²) in [5.41, 5.74) is 0.718. The van der Waals surface area contributed by atoms with Crippen LogP contribution < -0.4 is 9.64 Å². The SMILES string of the molecule is COc1cccc2sc(N(CCN(C)C)C(=O)/C=C/c3ccc([N+](=O)[O-])s3)nc12. The third kappa shape index (κ3) is 4.97. The van der Waals surface area contributed by atoms with Gasteiger partial charge in [-0.2, -0.15) is 0 Å². The van der Waals surface area contributed by atoms with Crippen molar-refractivity contribution in [2.75, 3.05) is 39.2 Å². The van der Waals surface area contributed by atoms with Crippen LogP contribution in [0.25, 0.3) is 16.3 Å². The van der Waals surface area contributed by atoms with Gasteiger partial charge in [0.15, 0.2) is 5.13 Å². The molecule has 0 unspecified atom stereocenters. The molecule has 2 heterocycles. The first-order valence-corrected chi connectivity index (χ1v) is 10.3. The van der Waals surface area contributed by atoms with Crippen molar-refractivity contribution in [1.29, 1.82) is 0 Å². The van der Waals surface area contributed by atoms with Gasteiger partial charge in [-0.15, -0.1) is 0 Å². The molecule has 0 N–H and O–H groups in total. The zero-order valence-corrected chi connectivity index (χ0v) is 17.8. The van der Waals surface area contributed by atoms with E-state index in [0.29, 0.717) is 28.8 Å². The Morgan fingerprint density at radius 2 is 2.03 bits per heavy atom. The molecular formula is C19H20N4O4S2. The molecule has 3 rings (SSSR count). The van der Waals surface area contributed by atoms with E-state index >= 15 is 0 Å². The minimum absolute atomic E-state index is 0.0415. The molecule has 8 nitrogen and oxygen atoms in total. The van der Waals surface area contributed by atoms with Crippen molar-refractivity contribution in [3.8, 4) is 5.75 Å². The van der Waals surface area contributed by atoms with Gasteiger partial charge in [-0.05, 0) is 38.4 Å². The Labute approximate surface area is 175 Å². The van der Waals surface area contributed by atoms with E-state index in [0.717, 1.165) is 21.6 Å². The summed E-state index contributed by atoms with van der Waals surface area (Å²) < 4.78 is 6.30. The Morgan fingerprint density at radius 1 is 1.24 bits per heavy atom. The molecule has 10 heteroatoms. The average molecular weight is 433 g/mol. The first-order chi connectivity index (χ1) is 13.9. The molecule has 0 aliphatic rings. The number of ether oxygens (including phenoxy) is 1. The van der Waals surface area contributed by atoms with Crippen LogP contribution >= 0.6 is 22.7 Å². The summed E-state index contributed by atoms with van der Waals surface area (Å²) in [5.74, 6) is 0.423. The lowest BCUT2D eigenvalue weighted by molar-refractivity contribution is -0.380. The number of likely N-dealkylation sites (N-methyl/N-ethyl adjacent to an activating group) is 1. The Morgan fingerprint density at radius 3 is 2.69 bits per heavy atom. The first kappa shape index (κ1) is 20.9. The molecule has 29 heavy (non-hydrogen) atoms. The van der Waals surface area contributed by atoms with Gasteiger partial charge in [0.25, 0.3) is 5.91 Å². The lowest BCUT2D eigenvalue weighted by atomic mass is 10.3. The summed E-state index contributed by atoms with van der Waals surface area (Å²) >= 11 is 2.44. The predicted octanol–water partition coefficient (Wildman–Crippen LogP) is 3.88. The van der Waals surface area contributed by atoms with Gasteiger partial charge in [0, 0.05) is 30.1 Å². The second-order valence-corrected chi connectivity index (χ2v) is 8.47. The van der Waals surface area contributed by atoms with E-state index in [2.05, 4.69) is 4.98 Å². The summed E-state index contributed by atoms with van der Waals surface area (Å²) in [6.45, 7) is 1.13. The monoisotopic (exact) mass is 432 g/mol. The molecule has 152 valence electrons. The number of para-hydroxylation sites is 1. The van der Waals surface area contributed by atoms with E-state index in [1.165, 1.54) is 23.5 Å². The Hall–Kier alpha value is -2.82. The number of aromatic nitrogens is 1. The van der Waals surface area contributed by atoms with E-state index in [4.69, 9.17) is 4.74 Å². The molecule has 1 aromatic carbocycles. The molecule has 0 fully saturated rings. The third-order valence-electron chi connectivity index (χ3n) is 4.04. The van der Waals surface area contributed by atoms with Crippen molar-refractivity contribution in [3.63, 3.8) is 0 Å². The number of thiazole rings is 1. The summed E-state index contributed by atoms with van der Waals surface area (Å²) in [4.78, 5) is 32.2. The maximum atomic E-state index is 12.9. The molecule has 1 amide bonds. The van der Waals surface area contributed by atoms with Gasteiger partial charge >= 0.3 is 5.00 Å². The molecular weight excluding hydrogens is 412 g/mol. The van der Waals surface area contributed by atoms with Crippen molar-refractivity contribution in [2.45, 2.75) is 0 Å². The van der Waals surface area contributed by atoms with Crippen LogP contribution in [0.2, 0.25) is 0 Å². The largest absolute Gasteiger partial charge is 0.494 e. The fourth-order valence-electron chi connectivity index (χ4n) is 2.57. The number of nitrogens with zero attached hydrogens (tertiary/aromatic N) is 4.